The Morgan fingerprint density at radius 2 is 1.71 bits per heavy atom. The molecule has 0 spiro atoms. The number of carbonyl (C=O) groups is 5. The molecule has 4 heterocycles. The number of amides is 5. The molecule has 1 aromatic heterocycles. The van der Waals surface area contributed by atoms with Crippen LogP contribution in [0.1, 0.15) is 74.1 Å². The Labute approximate surface area is 288 Å². The van der Waals surface area contributed by atoms with E-state index < -0.39 is 66.0 Å². The average molecular weight is 698 g/mol. The molecule has 3 aliphatic heterocycles. The van der Waals surface area contributed by atoms with Gasteiger partial charge in [0.05, 0.1) is 23.2 Å². The molecular formula is C33H43N7O6S2. The number of fused-ring (bicyclic) bond motifs is 4. The molecule has 1 saturated heterocycles. The summed E-state index contributed by atoms with van der Waals surface area (Å²) in [4.78, 5) is 78.9. The summed E-state index contributed by atoms with van der Waals surface area (Å²) in [5, 5.41) is 24.8. The molecule has 5 rings (SSSR count). The van der Waals surface area contributed by atoms with Crippen LogP contribution in [0.5, 0.6) is 0 Å². The number of thiazole rings is 1. The molecular weight excluding hydrogens is 655 g/mol. The lowest BCUT2D eigenvalue weighted by Gasteiger charge is -2.31. The Morgan fingerprint density at radius 1 is 0.979 bits per heavy atom. The Bertz CT molecular complexity index is 1550. The van der Waals surface area contributed by atoms with Crippen molar-refractivity contribution in [3.8, 4) is 0 Å². The third-order valence-electron chi connectivity index (χ3n) is 9.02. The van der Waals surface area contributed by atoms with Gasteiger partial charge in [-0.1, -0.05) is 50.6 Å². The highest BCUT2D eigenvalue weighted by molar-refractivity contribution is 8.14. The number of thioether (sulfide) groups is 1. The molecule has 5 N–H and O–H groups in total. The first-order valence-electron chi connectivity index (χ1n) is 16.4. The highest BCUT2D eigenvalue weighted by atomic mass is 32.2. The number of aliphatic imine (C=N–C) groups is 1. The summed E-state index contributed by atoms with van der Waals surface area (Å²) < 4.78 is 0. The summed E-state index contributed by atoms with van der Waals surface area (Å²) in [5.41, 5.74) is 0.927. The summed E-state index contributed by atoms with van der Waals surface area (Å²) in [6, 6.07) is 4.28. The molecule has 4 bridgehead atoms. The van der Waals surface area contributed by atoms with E-state index >= 15 is 0 Å². The van der Waals surface area contributed by atoms with Crippen LogP contribution in [0.15, 0.2) is 40.7 Å². The molecule has 1 fully saturated rings. The maximum Gasteiger partial charge on any atom is 0.271 e. The van der Waals surface area contributed by atoms with E-state index in [4.69, 9.17) is 0 Å². The number of hydrogen-bond donors (Lipinski definition) is 5. The lowest BCUT2D eigenvalue weighted by molar-refractivity contribution is -0.141. The van der Waals surface area contributed by atoms with Crippen LogP contribution in [0.25, 0.3) is 0 Å². The molecule has 0 aliphatic carbocycles. The second-order valence-electron chi connectivity index (χ2n) is 12.6. The van der Waals surface area contributed by atoms with E-state index in [9.17, 15) is 29.1 Å². The fourth-order valence-electron chi connectivity index (χ4n) is 6.03. The van der Waals surface area contributed by atoms with Crippen molar-refractivity contribution in [3.63, 3.8) is 0 Å². The lowest BCUT2D eigenvalue weighted by atomic mass is 9.99. The highest BCUT2D eigenvalue weighted by Gasteiger charge is 2.41. The topological polar surface area (TPSA) is 182 Å². The van der Waals surface area contributed by atoms with Gasteiger partial charge in [0.15, 0.2) is 0 Å². The minimum atomic E-state index is -1.30. The number of aliphatic hydroxyl groups is 1. The molecule has 258 valence electrons. The van der Waals surface area contributed by atoms with E-state index in [1.165, 1.54) is 34.9 Å². The zero-order valence-corrected chi connectivity index (χ0v) is 29.1. The largest absolute Gasteiger partial charge is 0.391 e. The molecule has 2 aromatic rings. The van der Waals surface area contributed by atoms with Crippen molar-refractivity contribution in [3.05, 3.63) is 52.0 Å². The van der Waals surface area contributed by atoms with Gasteiger partial charge >= 0.3 is 0 Å². The van der Waals surface area contributed by atoms with E-state index in [-0.39, 0.29) is 30.5 Å². The maximum atomic E-state index is 14.1. The Hall–Kier alpha value is -3.82. The molecule has 2 unspecified atom stereocenters. The fourth-order valence-corrected chi connectivity index (χ4v) is 8.06. The van der Waals surface area contributed by atoms with Crippen molar-refractivity contribution in [2.24, 2.45) is 10.9 Å². The number of nitrogens with one attached hydrogen (secondary N) is 4. The van der Waals surface area contributed by atoms with Gasteiger partial charge in [0.2, 0.25) is 23.6 Å². The van der Waals surface area contributed by atoms with Crippen LogP contribution >= 0.6 is 23.1 Å². The molecule has 13 nitrogen and oxygen atoms in total. The minimum Gasteiger partial charge on any atom is -0.391 e. The summed E-state index contributed by atoms with van der Waals surface area (Å²) in [5.74, 6) is -2.14. The quantitative estimate of drug-likeness (QED) is 0.312. The third-order valence-corrected chi connectivity index (χ3v) is 11.2. The number of carbonyl (C=O) groups excluding carboxylic acids is 5. The number of benzene rings is 1. The SMILES string of the molecule is CCC(C)[C@H]1NC(=O)[C@H]([C@@H](C)O)NC(=O)C2CCCN2C(=O)[C@H](Cc2ccccc2)NC(=O)c2csc(n2)[C@@H](C)NC(=O)[C@@H]2CSC1=N2. The van der Waals surface area contributed by atoms with Crippen molar-refractivity contribution in [1.29, 1.82) is 0 Å². The van der Waals surface area contributed by atoms with Crippen LogP contribution in [0.2, 0.25) is 0 Å². The van der Waals surface area contributed by atoms with Crippen LogP contribution in [-0.4, -0.2) is 98.2 Å². The van der Waals surface area contributed by atoms with E-state index in [0.29, 0.717) is 35.1 Å². The number of aromatic nitrogens is 1. The van der Waals surface area contributed by atoms with Crippen LogP contribution in [0.4, 0.5) is 0 Å². The molecule has 5 amide bonds. The van der Waals surface area contributed by atoms with E-state index in [2.05, 4.69) is 31.2 Å². The molecule has 15 heteroatoms. The molecule has 8 atom stereocenters. The van der Waals surface area contributed by atoms with E-state index in [1.807, 2.05) is 44.2 Å². The summed E-state index contributed by atoms with van der Waals surface area (Å²) in [6.07, 6.45) is 0.541. The van der Waals surface area contributed by atoms with Crippen molar-refractivity contribution >= 4 is 57.7 Å². The van der Waals surface area contributed by atoms with Crippen LogP contribution in [-0.2, 0) is 25.6 Å². The van der Waals surface area contributed by atoms with Gasteiger partial charge in [-0.3, -0.25) is 29.0 Å². The van der Waals surface area contributed by atoms with Crippen molar-refractivity contribution < 1.29 is 29.1 Å². The molecule has 0 saturated carbocycles. The summed E-state index contributed by atoms with van der Waals surface area (Å²) >= 11 is 2.61. The van der Waals surface area contributed by atoms with Crippen molar-refractivity contribution in [2.75, 3.05) is 12.3 Å². The smallest absolute Gasteiger partial charge is 0.271 e. The minimum absolute atomic E-state index is 0.0591. The Morgan fingerprint density at radius 3 is 2.42 bits per heavy atom. The zero-order valence-electron chi connectivity index (χ0n) is 27.5. The lowest BCUT2D eigenvalue weighted by Crippen LogP contribution is -2.60. The monoisotopic (exact) mass is 697 g/mol. The summed E-state index contributed by atoms with van der Waals surface area (Å²) in [7, 11) is 0. The second kappa shape index (κ2) is 15.6. The van der Waals surface area contributed by atoms with Crippen LogP contribution in [0, 0.1) is 5.92 Å². The van der Waals surface area contributed by atoms with Gasteiger partial charge in [-0.15, -0.1) is 23.1 Å². The normalized spacial score (nSPS) is 28.6. The van der Waals surface area contributed by atoms with Crippen molar-refractivity contribution in [2.45, 2.75) is 95.7 Å². The molecule has 3 aliphatic rings. The van der Waals surface area contributed by atoms with Crippen molar-refractivity contribution in [1.82, 2.24) is 31.2 Å². The average Bonchev–Trinajstić information content (AvgIpc) is 3.86. The summed E-state index contributed by atoms with van der Waals surface area (Å²) in [6.45, 7) is 7.42. The van der Waals surface area contributed by atoms with Gasteiger partial charge in [-0.05, 0) is 38.2 Å². The first kappa shape index (κ1) is 35.5. The van der Waals surface area contributed by atoms with E-state index in [1.54, 1.807) is 12.3 Å². The van der Waals surface area contributed by atoms with Gasteiger partial charge in [0.1, 0.15) is 34.9 Å². The Kier molecular flexibility index (Phi) is 11.5. The zero-order chi connectivity index (χ0) is 34.5. The number of rotatable bonds is 5. The van der Waals surface area contributed by atoms with Gasteiger partial charge in [0, 0.05) is 24.1 Å². The fraction of sp³-hybridized carbons (Fsp3) is 0.545. The van der Waals surface area contributed by atoms with Gasteiger partial charge in [-0.2, -0.15) is 0 Å². The van der Waals surface area contributed by atoms with Gasteiger partial charge in [0.25, 0.3) is 5.91 Å². The molecule has 48 heavy (non-hydrogen) atoms. The molecule has 0 radical (unpaired) electrons. The molecule has 1 aromatic carbocycles. The van der Waals surface area contributed by atoms with Gasteiger partial charge < -0.3 is 31.3 Å². The second-order valence-corrected chi connectivity index (χ2v) is 14.5. The van der Waals surface area contributed by atoms with Crippen LogP contribution in [0.3, 0.4) is 0 Å². The number of aliphatic hydroxyl groups excluding tert-OH is 1. The predicted molar refractivity (Wildman–Crippen MR) is 183 cm³/mol. The first-order valence-corrected chi connectivity index (χ1v) is 18.2. The van der Waals surface area contributed by atoms with Gasteiger partial charge in [-0.25, -0.2) is 4.98 Å². The highest BCUT2D eigenvalue weighted by Crippen LogP contribution is 2.27. The standard InChI is InChI=1S/C33H43N7O6S2/c1-5-17(2)25-32-37-22(16-48-32)27(42)34-18(3)31-36-23(15-47-31)28(43)35-21(14-20-10-7-6-8-11-20)33(46)40-13-9-12-24(40)29(44)39-26(19(4)41)30(45)38-25/h6-8,10-11,15,17-19,21-22,24-26,41H,5,9,12-14,16H2,1-4H3,(H,34,42)(H,35,43)(H,38,45)(H,39,44)/t17?,18-,19-,21+,22+,24?,25-,26+/m1/s1. The first-order chi connectivity index (χ1) is 23.0. The van der Waals surface area contributed by atoms with Crippen LogP contribution < -0.4 is 21.3 Å². The number of nitrogens with zero attached hydrogens (tertiary/aromatic N) is 3. The maximum absolute atomic E-state index is 14.1. The Balaban J connectivity index is 1.50. The van der Waals surface area contributed by atoms with E-state index in [0.717, 1.165) is 5.56 Å². The predicted octanol–water partition coefficient (Wildman–Crippen LogP) is 1.58. The number of hydrogen-bond acceptors (Lipinski definition) is 10. The third kappa shape index (κ3) is 8.06.